The molecule has 0 fully saturated rings. The highest BCUT2D eigenvalue weighted by molar-refractivity contribution is 5.76. The molecule has 10 nitrogen and oxygen atoms in total. The molecule has 0 bridgehead atoms. The van der Waals surface area contributed by atoms with E-state index in [9.17, 15) is 9.90 Å². The summed E-state index contributed by atoms with van der Waals surface area (Å²) in [5.74, 6) is -0.0285. The van der Waals surface area contributed by atoms with Gasteiger partial charge in [-0.15, -0.1) is 0 Å². The maximum atomic E-state index is 11.6. The second-order valence-corrected chi connectivity index (χ2v) is 4.27. The van der Waals surface area contributed by atoms with Crippen LogP contribution in [0.1, 0.15) is 5.69 Å². The van der Waals surface area contributed by atoms with Gasteiger partial charge in [0.15, 0.2) is 5.52 Å². The number of hydrogen-bond acceptors (Lipinski definition) is 8. The minimum atomic E-state index is -1.10. The third-order valence-corrected chi connectivity index (χ3v) is 2.89. The van der Waals surface area contributed by atoms with Crippen LogP contribution in [0.25, 0.3) is 11.0 Å². The molecule has 2 heterocycles. The Morgan fingerprint density at radius 2 is 2.05 bits per heavy atom. The molecule has 0 aliphatic rings. The molecule has 0 saturated carbocycles. The number of aliphatic hydroxyl groups is 3. The lowest BCUT2D eigenvalue weighted by atomic mass is 10.2. The fourth-order valence-electron chi connectivity index (χ4n) is 1.78. The molecule has 0 amide bonds. The third kappa shape index (κ3) is 2.77. The minimum Gasteiger partial charge on any atom is -0.395 e. The molecule has 0 aromatic carbocycles. The summed E-state index contributed by atoms with van der Waals surface area (Å²) >= 11 is 0. The molecule has 10 heteroatoms. The quantitative estimate of drug-likeness (QED) is 0.294. The normalized spacial score (nSPS) is 14.6. The number of fused-ring (bicyclic) bond motifs is 1. The molecule has 20 heavy (non-hydrogen) atoms. The molecule has 0 radical (unpaired) electrons. The first-order chi connectivity index (χ1) is 9.56. The number of hydrogen-bond donors (Lipinski definition) is 7. The maximum absolute atomic E-state index is 11.6. The summed E-state index contributed by atoms with van der Waals surface area (Å²) in [6.45, 7) is -0.675. The summed E-state index contributed by atoms with van der Waals surface area (Å²) in [4.78, 5) is 17.9. The molecule has 110 valence electrons. The van der Waals surface area contributed by atoms with Crippen molar-refractivity contribution in [2.24, 2.45) is 0 Å². The Morgan fingerprint density at radius 1 is 1.30 bits per heavy atom. The van der Waals surface area contributed by atoms with E-state index in [0.717, 1.165) is 0 Å². The van der Waals surface area contributed by atoms with Crippen molar-refractivity contribution in [3.05, 3.63) is 16.0 Å². The largest absolute Gasteiger partial charge is 0.395 e. The van der Waals surface area contributed by atoms with Gasteiger partial charge in [0.05, 0.1) is 31.1 Å². The van der Waals surface area contributed by atoms with E-state index in [1.165, 1.54) is 0 Å². The number of aliphatic hydroxyl groups excluding tert-OH is 3. The highest BCUT2D eigenvalue weighted by Crippen LogP contribution is 2.10. The van der Waals surface area contributed by atoms with Crippen molar-refractivity contribution < 1.29 is 15.3 Å². The molecular weight excluding hydrogens is 268 g/mol. The fraction of sp³-hybridized carbons (Fsp3) is 0.500. The second-order valence-electron chi connectivity index (χ2n) is 4.27. The van der Waals surface area contributed by atoms with Crippen LogP contribution in [0.15, 0.2) is 4.79 Å². The molecule has 0 spiro atoms. The Kier molecular flexibility index (Phi) is 4.29. The van der Waals surface area contributed by atoms with Crippen molar-refractivity contribution >= 4 is 17.0 Å². The number of aromatic amines is 2. The maximum Gasteiger partial charge on any atom is 0.280 e. The van der Waals surface area contributed by atoms with Crippen molar-refractivity contribution in [3.63, 3.8) is 0 Å². The lowest BCUT2D eigenvalue weighted by Gasteiger charge is -2.20. The van der Waals surface area contributed by atoms with Gasteiger partial charge in [-0.2, -0.15) is 5.10 Å². The standard InChI is InChI=1S/C10H16N6O4/c11-10-13-7-4(15-16-8(7)9(20)14-10)1-12-5(2-17)6(19)3-18/h5-6,12,17-19H,1-3H2,(H,15,16)(H3,11,13,14,20)/t5-,6-/m1/s1. The van der Waals surface area contributed by atoms with Crippen LogP contribution in [-0.4, -0.2) is 60.8 Å². The lowest BCUT2D eigenvalue weighted by Crippen LogP contribution is -2.44. The van der Waals surface area contributed by atoms with E-state index in [4.69, 9.17) is 15.9 Å². The van der Waals surface area contributed by atoms with E-state index < -0.39 is 24.3 Å². The van der Waals surface area contributed by atoms with E-state index in [1.54, 1.807) is 0 Å². The summed E-state index contributed by atoms with van der Waals surface area (Å²) in [6.07, 6.45) is -1.10. The van der Waals surface area contributed by atoms with E-state index in [2.05, 4.69) is 25.5 Å². The predicted molar refractivity (Wildman–Crippen MR) is 69.7 cm³/mol. The van der Waals surface area contributed by atoms with Gasteiger partial charge >= 0.3 is 0 Å². The van der Waals surface area contributed by atoms with Gasteiger partial charge in [0, 0.05) is 6.54 Å². The topological polar surface area (TPSA) is 173 Å². The Hall–Kier alpha value is -2.01. The van der Waals surface area contributed by atoms with Crippen LogP contribution in [-0.2, 0) is 6.54 Å². The Balaban J connectivity index is 2.20. The van der Waals surface area contributed by atoms with Crippen molar-refractivity contribution in [1.82, 2.24) is 25.5 Å². The van der Waals surface area contributed by atoms with Gasteiger partial charge in [-0.1, -0.05) is 0 Å². The Morgan fingerprint density at radius 3 is 2.70 bits per heavy atom. The van der Waals surface area contributed by atoms with Crippen molar-refractivity contribution in [3.8, 4) is 0 Å². The molecule has 0 saturated heterocycles. The number of nitrogen functional groups attached to an aromatic ring is 1. The highest BCUT2D eigenvalue weighted by atomic mass is 16.3. The summed E-state index contributed by atoms with van der Waals surface area (Å²) < 4.78 is 0. The van der Waals surface area contributed by atoms with Crippen molar-refractivity contribution in [2.75, 3.05) is 18.9 Å². The van der Waals surface area contributed by atoms with Gasteiger partial charge < -0.3 is 26.4 Å². The zero-order chi connectivity index (χ0) is 14.7. The van der Waals surface area contributed by atoms with Crippen molar-refractivity contribution in [1.29, 1.82) is 0 Å². The van der Waals surface area contributed by atoms with Gasteiger partial charge in [0.2, 0.25) is 5.95 Å². The number of nitrogens with zero attached hydrogens (tertiary/aromatic N) is 2. The average Bonchev–Trinajstić information content (AvgIpc) is 2.82. The number of aromatic nitrogens is 4. The average molecular weight is 284 g/mol. The van der Waals surface area contributed by atoms with Crippen LogP contribution in [0.2, 0.25) is 0 Å². The summed E-state index contributed by atoms with van der Waals surface area (Å²) in [5, 5.41) is 36.7. The zero-order valence-corrected chi connectivity index (χ0v) is 10.5. The number of nitrogens with one attached hydrogen (secondary N) is 3. The fourth-order valence-corrected chi connectivity index (χ4v) is 1.78. The molecule has 2 rings (SSSR count). The second kappa shape index (κ2) is 5.96. The molecule has 2 aromatic rings. The SMILES string of the molecule is Nc1nc2c(CN[C@H](CO)[C@H](O)CO)[nH]nc2c(=O)[nH]1. The monoisotopic (exact) mass is 284 g/mol. The van der Waals surface area contributed by atoms with Crippen LogP contribution in [0.4, 0.5) is 5.95 Å². The smallest absolute Gasteiger partial charge is 0.280 e. The molecule has 2 aromatic heterocycles. The summed E-state index contributed by atoms with van der Waals surface area (Å²) in [6, 6.07) is -0.710. The van der Waals surface area contributed by atoms with Gasteiger partial charge in [0.25, 0.3) is 5.56 Å². The minimum absolute atomic E-state index is 0.0285. The number of nitrogens with two attached hydrogens (primary N) is 1. The van der Waals surface area contributed by atoms with Crippen LogP contribution in [0.5, 0.6) is 0 Å². The first-order valence-corrected chi connectivity index (χ1v) is 5.92. The van der Waals surface area contributed by atoms with Gasteiger partial charge in [-0.3, -0.25) is 14.9 Å². The van der Waals surface area contributed by atoms with Gasteiger partial charge in [-0.25, -0.2) is 4.98 Å². The van der Waals surface area contributed by atoms with E-state index in [0.29, 0.717) is 11.2 Å². The highest BCUT2D eigenvalue weighted by Gasteiger charge is 2.18. The number of rotatable bonds is 6. The Labute approximate surface area is 112 Å². The third-order valence-electron chi connectivity index (χ3n) is 2.89. The molecule has 0 aliphatic heterocycles. The molecule has 0 unspecified atom stereocenters. The molecule has 0 aliphatic carbocycles. The van der Waals surface area contributed by atoms with Crippen LogP contribution >= 0.6 is 0 Å². The van der Waals surface area contributed by atoms with Gasteiger partial charge in [-0.05, 0) is 0 Å². The van der Waals surface area contributed by atoms with Crippen LogP contribution < -0.4 is 16.6 Å². The Bertz CT molecular complexity index is 638. The number of H-pyrrole nitrogens is 2. The molecule has 8 N–H and O–H groups in total. The summed E-state index contributed by atoms with van der Waals surface area (Å²) in [5.41, 5.74) is 5.93. The molecular formula is C10H16N6O4. The zero-order valence-electron chi connectivity index (χ0n) is 10.5. The van der Waals surface area contributed by atoms with E-state index >= 15 is 0 Å². The molecule has 2 atom stereocenters. The van der Waals surface area contributed by atoms with Crippen LogP contribution in [0, 0.1) is 0 Å². The lowest BCUT2D eigenvalue weighted by molar-refractivity contribution is 0.0409. The number of anilines is 1. The van der Waals surface area contributed by atoms with E-state index in [-0.39, 0.29) is 24.6 Å². The van der Waals surface area contributed by atoms with E-state index in [1.807, 2.05) is 0 Å². The van der Waals surface area contributed by atoms with Crippen LogP contribution in [0.3, 0.4) is 0 Å². The first-order valence-electron chi connectivity index (χ1n) is 5.92. The van der Waals surface area contributed by atoms with Gasteiger partial charge in [0.1, 0.15) is 5.52 Å². The first kappa shape index (κ1) is 14.4. The predicted octanol–water partition coefficient (Wildman–Crippen LogP) is -2.97. The summed E-state index contributed by atoms with van der Waals surface area (Å²) in [7, 11) is 0. The van der Waals surface area contributed by atoms with Crippen molar-refractivity contribution in [2.45, 2.75) is 18.7 Å².